The maximum absolute atomic E-state index is 9.24. The highest BCUT2D eigenvalue weighted by molar-refractivity contribution is 5.42. The van der Waals surface area contributed by atoms with E-state index < -0.39 is 0 Å². The van der Waals surface area contributed by atoms with Gasteiger partial charge in [-0.2, -0.15) is 24.7 Å². The lowest BCUT2D eigenvalue weighted by atomic mass is 10.5. The number of aliphatic hydroxyl groups excluding tert-OH is 1. The van der Waals surface area contributed by atoms with Crippen LogP contribution < -0.4 is 10.2 Å². The van der Waals surface area contributed by atoms with E-state index in [1.54, 1.807) is 6.33 Å². The monoisotopic (exact) mass is 290 g/mol. The summed E-state index contributed by atoms with van der Waals surface area (Å²) in [6.07, 6.45) is 5.17. The molecule has 1 fully saturated rings. The molecule has 0 radical (unpaired) electrons. The summed E-state index contributed by atoms with van der Waals surface area (Å²) in [6, 6.07) is 0.401. The van der Waals surface area contributed by atoms with E-state index in [0.29, 0.717) is 37.0 Å². The van der Waals surface area contributed by atoms with Crippen molar-refractivity contribution >= 4 is 11.9 Å². The van der Waals surface area contributed by atoms with Crippen LogP contribution in [0.15, 0.2) is 12.7 Å². The Bertz CT molecular complexity index is 583. The molecule has 0 aromatic carbocycles. The Balaban J connectivity index is 1.97. The molecule has 2 N–H and O–H groups in total. The highest BCUT2D eigenvalue weighted by atomic mass is 16.3. The van der Waals surface area contributed by atoms with Crippen LogP contribution >= 0.6 is 0 Å². The van der Waals surface area contributed by atoms with Crippen LogP contribution in [0.1, 0.15) is 19.8 Å². The second kappa shape index (κ2) is 6.00. The number of hydrogen-bond donors (Lipinski definition) is 2. The number of nitrogens with zero attached hydrogens (tertiary/aromatic N) is 7. The lowest BCUT2D eigenvalue weighted by Crippen LogP contribution is -2.31. The van der Waals surface area contributed by atoms with E-state index in [9.17, 15) is 5.11 Å². The van der Waals surface area contributed by atoms with Crippen molar-refractivity contribution in [1.29, 1.82) is 0 Å². The molecule has 0 amide bonds. The summed E-state index contributed by atoms with van der Waals surface area (Å²) in [5.41, 5.74) is 0. The van der Waals surface area contributed by atoms with Gasteiger partial charge in [0.2, 0.25) is 11.9 Å². The molecule has 0 saturated heterocycles. The Morgan fingerprint density at radius 1 is 1.38 bits per heavy atom. The first-order valence-corrected chi connectivity index (χ1v) is 7.04. The van der Waals surface area contributed by atoms with Crippen LogP contribution in [0, 0.1) is 0 Å². The average molecular weight is 290 g/mol. The zero-order valence-electron chi connectivity index (χ0n) is 11.8. The van der Waals surface area contributed by atoms with Gasteiger partial charge >= 0.3 is 0 Å². The average Bonchev–Trinajstić information content (AvgIpc) is 3.17. The number of anilines is 2. The van der Waals surface area contributed by atoms with Gasteiger partial charge in [0.25, 0.3) is 5.95 Å². The van der Waals surface area contributed by atoms with E-state index in [-0.39, 0.29) is 6.61 Å². The summed E-state index contributed by atoms with van der Waals surface area (Å²) in [7, 11) is 0. The van der Waals surface area contributed by atoms with Gasteiger partial charge in [-0.15, -0.1) is 0 Å². The minimum Gasteiger partial charge on any atom is -0.395 e. The molecule has 0 spiro atoms. The van der Waals surface area contributed by atoms with Crippen LogP contribution in [0.5, 0.6) is 0 Å². The standard InChI is InChI=1S/C12H18N8O/c1-2-14-10-16-11(19(5-6-21)9-3-4-9)18-12(17-10)20-8-13-7-15-20/h7-9,21H,2-6H2,1H3,(H,14,16,17,18). The first-order valence-electron chi connectivity index (χ1n) is 7.04. The van der Waals surface area contributed by atoms with Crippen molar-refractivity contribution in [2.75, 3.05) is 29.9 Å². The number of aliphatic hydroxyl groups is 1. The highest BCUT2D eigenvalue weighted by Gasteiger charge is 2.31. The largest absolute Gasteiger partial charge is 0.395 e. The van der Waals surface area contributed by atoms with Gasteiger partial charge in [-0.25, -0.2) is 4.98 Å². The van der Waals surface area contributed by atoms with Gasteiger partial charge in [0.1, 0.15) is 12.7 Å². The second-order valence-corrected chi connectivity index (χ2v) is 4.78. The molecule has 1 aliphatic rings. The molecular formula is C12H18N8O. The quantitative estimate of drug-likeness (QED) is 0.725. The topological polar surface area (TPSA) is 105 Å². The summed E-state index contributed by atoms with van der Waals surface area (Å²) in [6.45, 7) is 3.27. The van der Waals surface area contributed by atoms with E-state index in [1.165, 1.54) is 11.0 Å². The molecule has 0 unspecified atom stereocenters. The van der Waals surface area contributed by atoms with Gasteiger partial charge < -0.3 is 15.3 Å². The van der Waals surface area contributed by atoms with Crippen LogP contribution in [-0.2, 0) is 0 Å². The van der Waals surface area contributed by atoms with Crippen LogP contribution in [0.2, 0.25) is 0 Å². The molecule has 9 nitrogen and oxygen atoms in total. The van der Waals surface area contributed by atoms with E-state index in [1.807, 2.05) is 11.8 Å². The Hall–Kier alpha value is -2.29. The van der Waals surface area contributed by atoms with Gasteiger partial charge in [0, 0.05) is 19.1 Å². The molecular weight excluding hydrogens is 272 g/mol. The molecule has 0 aliphatic heterocycles. The van der Waals surface area contributed by atoms with Crippen molar-refractivity contribution in [3.8, 4) is 5.95 Å². The fourth-order valence-electron chi connectivity index (χ4n) is 2.07. The molecule has 112 valence electrons. The highest BCUT2D eigenvalue weighted by Crippen LogP contribution is 2.29. The van der Waals surface area contributed by atoms with Gasteiger partial charge in [0.05, 0.1) is 6.61 Å². The second-order valence-electron chi connectivity index (χ2n) is 4.78. The molecule has 3 rings (SSSR count). The molecule has 0 atom stereocenters. The lowest BCUT2D eigenvalue weighted by molar-refractivity contribution is 0.300. The molecule has 1 aliphatic carbocycles. The van der Waals surface area contributed by atoms with Crippen molar-refractivity contribution in [2.24, 2.45) is 0 Å². The summed E-state index contributed by atoms with van der Waals surface area (Å²) in [4.78, 5) is 19.1. The smallest absolute Gasteiger partial charge is 0.258 e. The molecule has 1 saturated carbocycles. The lowest BCUT2D eigenvalue weighted by Gasteiger charge is -2.21. The SMILES string of the molecule is CCNc1nc(N(CCO)C2CC2)nc(-n2cncn2)n1. The number of aromatic nitrogens is 6. The molecule has 0 bridgehead atoms. The number of hydrogen-bond acceptors (Lipinski definition) is 8. The normalized spacial score (nSPS) is 14.2. The van der Waals surface area contributed by atoms with Crippen molar-refractivity contribution in [1.82, 2.24) is 29.7 Å². The zero-order chi connectivity index (χ0) is 14.7. The van der Waals surface area contributed by atoms with E-state index >= 15 is 0 Å². The van der Waals surface area contributed by atoms with E-state index in [4.69, 9.17) is 0 Å². The van der Waals surface area contributed by atoms with E-state index in [0.717, 1.165) is 12.8 Å². The van der Waals surface area contributed by atoms with Gasteiger partial charge in [-0.3, -0.25) is 0 Å². The third-order valence-corrected chi connectivity index (χ3v) is 3.16. The summed E-state index contributed by atoms with van der Waals surface area (Å²) < 4.78 is 1.50. The Kier molecular flexibility index (Phi) is 3.91. The first kappa shape index (κ1) is 13.7. The van der Waals surface area contributed by atoms with Crippen LogP contribution in [0.3, 0.4) is 0 Å². The fourth-order valence-corrected chi connectivity index (χ4v) is 2.07. The van der Waals surface area contributed by atoms with Gasteiger partial charge in [-0.1, -0.05) is 0 Å². The molecule has 2 aromatic heterocycles. The van der Waals surface area contributed by atoms with Crippen molar-refractivity contribution in [3.63, 3.8) is 0 Å². The van der Waals surface area contributed by atoms with Crippen LogP contribution in [-0.4, -0.2) is 60.6 Å². The minimum absolute atomic E-state index is 0.0668. The number of nitrogens with one attached hydrogen (secondary N) is 1. The van der Waals surface area contributed by atoms with E-state index in [2.05, 4.69) is 30.4 Å². The maximum atomic E-state index is 9.24. The molecule has 2 heterocycles. The third kappa shape index (κ3) is 3.07. The Morgan fingerprint density at radius 3 is 2.86 bits per heavy atom. The number of rotatable bonds is 7. The summed E-state index contributed by atoms with van der Waals surface area (Å²) in [5, 5.41) is 16.4. The first-order chi connectivity index (χ1) is 10.3. The predicted octanol–water partition coefficient (Wildman–Crippen LogP) is -0.155. The van der Waals surface area contributed by atoms with Crippen LogP contribution in [0.25, 0.3) is 5.95 Å². The molecule has 2 aromatic rings. The third-order valence-electron chi connectivity index (χ3n) is 3.16. The Morgan fingerprint density at radius 2 is 2.24 bits per heavy atom. The summed E-state index contributed by atoms with van der Waals surface area (Å²) >= 11 is 0. The van der Waals surface area contributed by atoms with Crippen molar-refractivity contribution < 1.29 is 5.11 Å². The van der Waals surface area contributed by atoms with Gasteiger partial charge in [0.15, 0.2) is 0 Å². The fraction of sp³-hybridized carbons (Fsp3) is 0.583. The van der Waals surface area contributed by atoms with Gasteiger partial charge in [-0.05, 0) is 19.8 Å². The predicted molar refractivity (Wildman–Crippen MR) is 76.4 cm³/mol. The van der Waals surface area contributed by atoms with Crippen molar-refractivity contribution in [2.45, 2.75) is 25.8 Å². The molecule has 21 heavy (non-hydrogen) atoms. The molecule has 9 heteroatoms. The Labute approximate surface area is 122 Å². The minimum atomic E-state index is 0.0668. The zero-order valence-corrected chi connectivity index (χ0v) is 11.8. The van der Waals surface area contributed by atoms with Crippen molar-refractivity contribution in [3.05, 3.63) is 12.7 Å². The van der Waals surface area contributed by atoms with Crippen LogP contribution in [0.4, 0.5) is 11.9 Å². The maximum Gasteiger partial charge on any atom is 0.258 e. The summed E-state index contributed by atoms with van der Waals surface area (Å²) in [5.74, 6) is 1.47.